The summed E-state index contributed by atoms with van der Waals surface area (Å²) in [5.41, 5.74) is 4.69. The van der Waals surface area contributed by atoms with Gasteiger partial charge in [-0.1, -0.05) is 42.5 Å². The first kappa shape index (κ1) is 26.6. The van der Waals surface area contributed by atoms with E-state index in [9.17, 15) is 19.1 Å². The Hall–Kier alpha value is -3.97. The Morgan fingerprint density at radius 2 is 1.74 bits per heavy atom. The maximum Gasteiger partial charge on any atom is 0.303 e. The van der Waals surface area contributed by atoms with Gasteiger partial charge in [0, 0.05) is 47.8 Å². The number of aryl methyl sites for hydroxylation is 2. The Kier molecular flexibility index (Phi) is 8.07. The number of amides is 1. The Morgan fingerprint density at radius 3 is 2.51 bits per heavy atom. The molecule has 6 nitrogen and oxygen atoms in total. The average Bonchev–Trinajstić information content (AvgIpc) is 3.33. The second-order valence-corrected chi connectivity index (χ2v) is 10.4. The number of H-pyrrole nitrogens is 1. The second-order valence-electron chi connectivity index (χ2n) is 10.4. The predicted molar refractivity (Wildman–Crippen MR) is 148 cm³/mol. The first-order chi connectivity index (χ1) is 18.9. The van der Waals surface area contributed by atoms with Gasteiger partial charge in [0.15, 0.2) is 0 Å². The molecule has 7 heteroatoms. The molecule has 4 aromatic rings. The highest BCUT2D eigenvalue weighted by atomic mass is 19.1. The van der Waals surface area contributed by atoms with Gasteiger partial charge in [0.1, 0.15) is 5.82 Å². The van der Waals surface area contributed by atoms with E-state index in [0.29, 0.717) is 30.8 Å². The zero-order valence-electron chi connectivity index (χ0n) is 21.8. The number of aliphatic carboxylic acids is 1. The summed E-state index contributed by atoms with van der Waals surface area (Å²) < 4.78 is 19.3. The first-order valence-corrected chi connectivity index (χ1v) is 13.4. The van der Waals surface area contributed by atoms with Gasteiger partial charge < -0.3 is 20.1 Å². The van der Waals surface area contributed by atoms with Crippen LogP contribution in [0.5, 0.6) is 0 Å². The van der Waals surface area contributed by atoms with E-state index in [1.165, 1.54) is 17.7 Å². The number of benzene rings is 3. The average molecular weight is 529 g/mol. The Labute approximate surface area is 227 Å². The molecule has 0 unspecified atom stereocenters. The molecule has 39 heavy (non-hydrogen) atoms. The molecule has 0 atom stereocenters. The van der Waals surface area contributed by atoms with Crippen LogP contribution in [0.15, 0.2) is 72.9 Å². The van der Waals surface area contributed by atoms with Crippen LogP contribution in [0.1, 0.15) is 58.3 Å². The number of ether oxygens (including phenoxy) is 1. The number of fused-ring (bicyclic) bond motifs is 1. The van der Waals surface area contributed by atoms with Crippen molar-refractivity contribution in [1.29, 1.82) is 0 Å². The van der Waals surface area contributed by atoms with Gasteiger partial charge in [0.2, 0.25) is 0 Å². The van der Waals surface area contributed by atoms with E-state index in [1.807, 2.05) is 42.6 Å². The molecule has 0 spiro atoms. The van der Waals surface area contributed by atoms with Crippen molar-refractivity contribution in [2.45, 2.75) is 50.5 Å². The van der Waals surface area contributed by atoms with Gasteiger partial charge in [-0.2, -0.15) is 0 Å². The molecule has 1 aliphatic heterocycles. The highest BCUT2D eigenvalue weighted by Gasteiger charge is 2.34. The van der Waals surface area contributed by atoms with Gasteiger partial charge in [-0.3, -0.25) is 9.59 Å². The number of hydrogen-bond donors (Lipinski definition) is 3. The molecule has 0 radical (unpaired) electrons. The van der Waals surface area contributed by atoms with Crippen LogP contribution in [0.25, 0.3) is 10.9 Å². The van der Waals surface area contributed by atoms with E-state index in [0.717, 1.165) is 47.7 Å². The van der Waals surface area contributed by atoms with Gasteiger partial charge in [0.05, 0.1) is 0 Å². The lowest BCUT2D eigenvalue weighted by Gasteiger charge is -2.38. The third-order valence-corrected chi connectivity index (χ3v) is 7.71. The van der Waals surface area contributed by atoms with E-state index >= 15 is 0 Å². The SMILES string of the molecule is O=C(O)CCc1ccc(Cc2c[nH]c3cc(F)ccc23)cc1C(=O)NC1(CCc2ccccc2)CCOCC1. The van der Waals surface area contributed by atoms with Crippen molar-refractivity contribution >= 4 is 22.8 Å². The van der Waals surface area contributed by atoms with E-state index in [1.54, 1.807) is 6.07 Å². The van der Waals surface area contributed by atoms with Gasteiger partial charge in [-0.05, 0) is 85.0 Å². The minimum Gasteiger partial charge on any atom is -0.481 e. The molecule has 0 bridgehead atoms. The quantitative estimate of drug-likeness (QED) is 0.242. The zero-order chi connectivity index (χ0) is 27.2. The van der Waals surface area contributed by atoms with Crippen molar-refractivity contribution in [3.8, 4) is 0 Å². The molecule has 0 saturated carbocycles. The molecule has 3 N–H and O–H groups in total. The molecule has 1 fully saturated rings. The lowest BCUT2D eigenvalue weighted by atomic mass is 9.83. The van der Waals surface area contributed by atoms with Gasteiger partial charge in [-0.15, -0.1) is 0 Å². The minimum absolute atomic E-state index is 0.0549. The molecular formula is C32H33FN2O4. The zero-order valence-corrected chi connectivity index (χ0v) is 21.8. The van der Waals surface area contributed by atoms with Gasteiger partial charge in [0.25, 0.3) is 5.91 Å². The summed E-state index contributed by atoms with van der Waals surface area (Å²) in [6.45, 7) is 1.17. The molecule has 0 aliphatic carbocycles. The molecule has 1 aromatic heterocycles. The van der Waals surface area contributed by atoms with Crippen molar-refractivity contribution < 1.29 is 23.8 Å². The second kappa shape index (κ2) is 11.8. The fourth-order valence-electron chi connectivity index (χ4n) is 5.47. The smallest absolute Gasteiger partial charge is 0.303 e. The largest absolute Gasteiger partial charge is 0.481 e. The standard InChI is InChI=1S/C32H33FN2O4/c33-26-9-10-27-25(21-34-29(27)20-26)18-23-6-7-24(8-11-30(36)37)28(19-23)31(38)35-32(14-16-39-17-15-32)13-12-22-4-2-1-3-5-22/h1-7,9-10,19-21,34H,8,11-18H2,(H,35,38)(H,36,37). The number of aromatic amines is 1. The summed E-state index contributed by atoms with van der Waals surface area (Å²) in [6.07, 6.45) is 5.71. The number of carbonyl (C=O) groups is 2. The third kappa shape index (κ3) is 6.55. The van der Waals surface area contributed by atoms with Crippen LogP contribution in [0.4, 0.5) is 4.39 Å². The first-order valence-electron chi connectivity index (χ1n) is 13.4. The van der Waals surface area contributed by atoms with E-state index < -0.39 is 11.5 Å². The lowest BCUT2D eigenvalue weighted by molar-refractivity contribution is -0.136. The Bertz CT molecular complexity index is 1460. The lowest BCUT2D eigenvalue weighted by Crippen LogP contribution is -2.52. The summed E-state index contributed by atoms with van der Waals surface area (Å²) in [5.74, 6) is -1.39. The van der Waals surface area contributed by atoms with Crippen LogP contribution in [0.2, 0.25) is 0 Å². The summed E-state index contributed by atoms with van der Waals surface area (Å²) >= 11 is 0. The van der Waals surface area contributed by atoms with Crippen LogP contribution >= 0.6 is 0 Å². The highest BCUT2D eigenvalue weighted by molar-refractivity contribution is 5.96. The summed E-state index contributed by atoms with van der Waals surface area (Å²) in [6, 6.07) is 20.6. The molecule has 202 valence electrons. The summed E-state index contributed by atoms with van der Waals surface area (Å²) in [4.78, 5) is 28.3. The van der Waals surface area contributed by atoms with Crippen molar-refractivity contribution in [3.05, 3.63) is 107 Å². The summed E-state index contributed by atoms with van der Waals surface area (Å²) in [5, 5.41) is 13.6. The van der Waals surface area contributed by atoms with Gasteiger partial charge in [-0.25, -0.2) is 4.39 Å². The van der Waals surface area contributed by atoms with Crippen molar-refractivity contribution in [3.63, 3.8) is 0 Å². The summed E-state index contributed by atoms with van der Waals surface area (Å²) in [7, 11) is 0. The molecule has 1 amide bonds. The third-order valence-electron chi connectivity index (χ3n) is 7.71. The number of aromatic nitrogens is 1. The number of carboxylic acid groups (broad SMARTS) is 1. The Balaban J connectivity index is 1.41. The van der Waals surface area contributed by atoms with E-state index in [2.05, 4.69) is 22.4 Å². The molecular weight excluding hydrogens is 495 g/mol. The number of carbonyl (C=O) groups excluding carboxylic acids is 1. The molecule has 2 heterocycles. The number of hydrogen-bond acceptors (Lipinski definition) is 3. The molecule has 1 aliphatic rings. The fraction of sp³-hybridized carbons (Fsp3) is 0.312. The fourth-order valence-corrected chi connectivity index (χ4v) is 5.47. The Morgan fingerprint density at radius 1 is 0.949 bits per heavy atom. The van der Waals surface area contributed by atoms with Crippen molar-refractivity contribution in [2.24, 2.45) is 0 Å². The van der Waals surface area contributed by atoms with Crippen LogP contribution in [-0.2, 0) is 28.8 Å². The van der Waals surface area contributed by atoms with Crippen LogP contribution in [0, 0.1) is 5.82 Å². The van der Waals surface area contributed by atoms with Crippen molar-refractivity contribution in [1.82, 2.24) is 10.3 Å². The maximum absolute atomic E-state index is 13.9. The molecule has 5 rings (SSSR count). The van der Waals surface area contributed by atoms with E-state index in [4.69, 9.17) is 4.74 Å². The normalized spacial score (nSPS) is 14.8. The maximum atomic E-state index is 13.9. The number of halogens is 1. The highest BCUT2D eigenvalue weighted by Crippen LogP contribution is 2.29. The number of nitrogens with one attached hydrogen (secondary N) is 2. The number of carboxylic acids is 1. The van der Waals surface area contributed by atoms with Gasteiger partial charge >= 0.3 is 5.97 Å². The molecule has 1 saturated heterocycles. The molecule has 3 aromatic carbocycles. The number of rotatable bonds is 10. The topological polar surface area (TPSA) is 91.4 Å². The van der Waals surface area contributed by atoms with Crippen molar-refractivity contribution in [2.75, 3.05) is 13.2 Å². The minimum atomic E-state index is -0.903. The van der Waals surface area contributed by atoms with Crippen LogP contribution < -0.4 is 5.32 Å². The predicted octanol–water partition coefficient (Wildman–Crippen LogP) is 5.83. The van der Waals surface area contributed by atoms with E-state index in [-0.39, 0.29) is 24.6 Å². The van der Waals surface area contributed by atoms with Crippen LogP contribution in [-0.4, -0.2) is 40.7 Å². The monoisotopic (exact) mass is 528 g/mol. The van der Waals surface area contributed by atoms with Crippen LogP contribution in [0.3, 0.4) is 0 Å².